The zero-order valence-electron chi connectivity index (χ0n) is 14.1. The van der Waals surface area contributed by atoms with E-state index in [1.54, 1.807) is 6.20 Å². The Balaban J connectivity index is 1.85. The van der Waals surface area contributed by atoms with Crippen LogP contribution in [-0.2, 0) is 5.54 Å². The van der Waals surface area contributed by atoms with Crippen molar-refractivity contribution in [2.24, 2.45) is 5.73 Å². The van der Waals surface area contributed by atoms with Gasteiger partial charge in [-0.1, -0.05) is 30.3 Å². The summed E-state index contributed by atoms with van der Waals surface area (Å²) in [5, 5.41) is 4.54. The molecule has 3 rings (SSSR count). The average Bonchev–Trinajstić information content (AvgIpc) is 3.14. The molecule has 0 aliphatic carbocycles. The SMILES string of the molecule is CC(C)(CCN)n1ncc(N)c1N1CCC(c2ccccc2)C1. The average molecular weight is 313 g/mol. The van der Waals surface area contributed by atoms with Gasteiger partial charge in [-0.3, -0.25) is 0 Å². The van der Waals surface area contributed by atoms with E-state index in [1.165, 1.54) is 5.56 Å². The molecule has 0 amide bonds. The molecule has 124 valence electrons. The van der Waals surface area contributed by atoms with Crippen molar-refractivity contribution in [1.82, 2.24) is 9.78 Å². The van der Waals surface area contributed by atoms with E-state index in [0.717, 1.165) is 37.4 Å². The number of rotatable bonds is 5. The number of hydrogen-bond donors (Lipinski definition) is 2. The second-order valence-electron chi connectivity index (χ2n) is 7.03. The zero-order chi connectivity index (χ0) is 16.4. The van der Waals surface area contributed by atoms with Crippen molar-refractivity contribution in [2.45, 2.75) is 38.1 Å². The normalized spacial score (nSPS) is 18.6. The molecule has 0 saturated carbocycles. The molecule has 2 aromatic rings. The van der Waals surface area contributed by atoms with Gasteiger partial charge in [-0.05, 0) is 38.8 Å². The Morgan fingerprint density at radius 2 is 2.00 bits per heavy atom. The number of nitrogens with zero attached hydrogens (tertiary/aromatic N) is 3. The van der Waals surface area contributed by atoms with Crippen LogP contribution in [0.25, 0.3) is 0 Å². The smallest absolute Gasteiger partial charge is 0.150 e. The number of aromatic nitrogens is 2. The summed E-state index contributed by atoms with van der Waals surface area (Å²) in [4.78, 5) is 2.37. The second kappa shape index (κ2) is 6.24. The van der Waals surface area contributed by atoms with Crippen LogP contribution in [0, 0.1) is 0 Å². The van der Waals surface area contributed by atoms with Gasteiger partial charge in [0.1, 0.15) is 0 Å². The third-order valence-corrected chi connectivity index (χ3v) is 4.86. The van der Waals surface area contributed by atoms with Crippen molar-refractivity contribution in [2.75, 3.05) is 30.3 Å². The minimum Gasteiger partial charge on any atom is -0.394 e. The largest absolute Gasteiger partial charge is 0.394 e. The Labute approximate surface area is 138 Å². The lowest BCUT2D eigenvalue weighted by Gasteiger charge is -2.30. The predicted octanol–water partition coefficient (Wildman–Crippen LogP) is 2.54. The van der Waals surface area contributed by atoms with Crippen LogP contribution in [0.4, 0.5) is 11.5 Å². The minimum atomic E-state index is -0.132. The molecule has 0 radical (unpaired) electrons. The molecule has 2 heterocycles. The molecule has 1 saturated heterocycles. The van der Waals surface area contributed by atoms with Gasteiger partial charge in [-0.15, -0.1) is 0 Å². The summed E-state index contributed by atoms with van der Waals surface area (Å²) in [5.74, 6) is 1.60. The molecule has 1 aliphatic rings. The Morgan fingerprint density at radius 3 is 2.70 bits per heavy atom. The molecule has 1 aliphatic heterocycles. The van der Waals surface area contributed by atoms with Gasteiger partial charge in [-0.2, -0.15) is 5.10 Å². The maximum atomic E-state index is 6.24. The van der Waals surface area contributed by atoms with Crippen LogP contribution >= 0.6 is 0 Å². The van der Waals surface area contributed by atoms with Gasteiger partial charge in [0.05, 0.1) is 17.4 Å². The minimum absolute atomic E-state index is 0.132. The number of hydrogen-bond acceptors (Lipinski definition) is 4. The van der Waals surface area contributed by atoms with Crippen LogP contribution < -0.4 is 16.4 Å². The van der Waals surface area contributed by atoms with Crippen LogP contribution in [0.3, 0.4) is 0 Å². The van der Waals surface area contributed by atoms with E-state index in [-0.39, 0.29) is 5.54 Å². The summed E-state index contributed by atoms with van der Waals surface area (Å²) in [6.07, 6.45) is 3.78. The van der Waals surface area contributed by atoms with Crippen molar-refractivity contribution >= 4 is 11.5 Å². The topological polar surface area (TPSA) is 73.1 Å². The van der Waals surface area contributed by atoms with Gasteiger partial charge in [-0.25, -0.2) is 4.68 Å². The summed E-state index contributed by atoms with van der Waals surface area (Å²) < 4.78 is 2.06. The highest BCUT2D eigenvalue weighted by Gasteiger charge is 2.31. The molecule has 0 bridgehead atoms. The van der Waals surface area contributed by atoms with E-state index in [9.17, 15) is 0 Å². The van der Waals surface area contributed by atoms with E-state index in [2.05, 4.69) is 58.9 Å². The van der Waals surface area contributed by atoms with Gasteiger partial charge in [0.25, 0.3) is 0 Å². The molecule has 1 unspecified atom stereocenters. The maximum Gasteiger partial charge on any atom is 0.150 e. The molecule has 0 spiro atoms. The standard InChI is InChI=1S/C18H27N5/c1-18(2,9-10-19)23-17(16(20)12-21-23)22-11-8-15(13-22)14-6-4-3-5-7-14/h3-7,12,15H,8-11,13,19-20H2,1-2H3. The monoisotopic (exact) mass is 313 g/mol. The predicted molar refractivity (Wildman–Crippen MR) is 95.6 cm³/mol. The molecule has 1 aromatic heterocycles. The number of anilines is 2. The van der Waals surface area contributed by atoms with Gasteiger partial charge < -0.3 is 16.4 Å². The Morgan fingerprint density at radius 1 is 1.26 bits per heavy atom. The molecule has 4 N–H and O–H groups in total. The Kier molecular flexibility index (Phi) is 4.31. The fourth-order valence-corrected chi connectivity index (χ4v) is 3.52. The first-order valence-corrected chi connectivity index (χ1v) is 8.37. The lowest BCUT2D eigenvalue weighted by atomic mass is 9.99. The zero-order valence-corrected chi connectivity index (χ0v) is 14.1. The van der Waals surface area contributed by atoms with Crippen LogP contribution in [-0.4, -0.2) is 29.4 Å². The van der Waals surface area contributed by atoms with Gasteiger partial charge in [0, 0.05) is 19.0 Å². The van der Waals surface area contributed by atoms with E-state index >= 15 is 0 Å². The summed E-state index contributed by atoms with van der Waals surface area (Å²) in [6, 6.07) is 10.7. The van der Waals surface area contributed by atoms with Crippen molar-refractivity contribution in [3.05, 3.63) is 42.1 Å². The number of nitrogen functional groups attached to an aromatic ring is 1. The van der Waals surface area contributed by atoms with Crippen LogP contribution in [0.1, 0.15) is 38.2 Å². The maximum absolute atomic E-state index is 6.24. The molecule has 1 fully saturated rings. The van der Waals surface area contributed by atoms with Crippen molar-refractivity contribution in [1.29, 1.82) is 0 Å². The molecule has 5 heteroatoms. The van der Waals surface area contributed by atoms with E-state index in [4.69, 9.17) is 11.5 Å². The van der Waals surface area contributed by atoms with Crippen LogP contribution in [0.15, 0.2) is 36.5 Å². The van der Waals surface area contributed by atoms with Crippen molar-refractivity contribution in [3.63, 3.8) is 0 Å². The van der Waals surface area contributed by atoms with E-state index in [0.29, 0.717) is 12.5 Å². The fourth-order valence-electron chi connectivity index (χ4n) is 3.52. The Hall–Kier alpha value is -2.01. The van der Waals surface area contributed by atoms with Gasteiger partial charge in [0.2, 0.25) is 0 Å². The molecular weight excluding hydrogens is 286 g/mol. The summed E-state index contributed by atoms with van der Waals surface area (Å²) >= 11 is 0. The van der Waals surface area contributed by atoms with Crippen LogP contribution in [0.2, 0.25) is 0 Å². The third kappa shape index (κ3) is 3.06. The van der Waals surface area contributed by atoms with E-state index in [1.807, 2.05) is 0 Å². The first-order chi connectivity index (χ1) is 11.0. The summed E-state index contributed by atoms with van der Waals surface area (Å²) in [5.41, 5.74) is 14.0. The highest BCUT2D eigenvalue weighted by Crippen LogP contribution is 2.36. The molecular formula is C18H27N5. The molecule has 1 atom stereocenters. The lowest BCUT2D eigenvalue weighted by Crippen LogP contribution is -2.34. The highest BCUT2D eigenvalue weighted by molar-refractivity contribution is 5.63. The van der Waals surface area contributed by atoms with E-state index < -0.39 is 0 Å². The summed E-state index contributed by atoms with van der Waals surface area (Å²) in [6.45, 7) is 6.96. The lowest BCUT2D eigenvalue weighted by molar-refractivity contribution is 0.302. The third-order valence-electron chi connectivity index (χ3n) is 4.86. The van der Waals surface area contributed by atoms with Crippen molar-refractivity contribution in [3.8, 4) is 0 Å². The van der Waals surface area contributed by atoms with Crippen molar-refractivity contribution < 1.29 is 0 Å². The molecule has 1 aromatic carbocycles. The second-order valence-corrected chi connectivity index (χ2v) is 7.03. The number of benzene rings is 1. The first kappa shape index (κ1) is 15.9. The molecule has 5 nitrogen and oxygen atoms in total. The molecule has 23 heavy (non-hydrogen) atoms. The van der Waals surface area contributed by atoms with Crippen LogP contribution in [0.5, 0.6) is 0 Å². The first-order valence-electron chi connectivity index (χ1n) is 8.37. The Bertz CT molecular complexity index is 647. The number of nitrogens with two attached hydrogens (primary N) is 2. The van der Waals surface area contributed by atoms with Gasteiger partial charge in [0.15, 0.2) is 5.82 Å². The quantitative estimate of drug-likeness (QED) is 0.889. The fraction of sp³-hybridized carbons (Fsp3) is 0.500. The summed E-state index contributed by atoms with van der Waals surface area (Å²) in [7, 11) is 0. The van der Waals surface area contributed by atoms with Gasteiger partial charge >= 0.3 is 0 Å². The highest BCUT2D eigenvalue weighted by atomic mass is 15.4.